The summed E-state index contributed by atoms with van der Waals surface area (Å²) in [6.07, 6.45) is 5.45. The maximum Gasteiger partial charge on any atom is 0.157 e. The van der Waals surface area contributed by atoms with E-state index in [-0.39, 0.29) is 0 Å². The number of benzene rings is 3. The van der Waals surface area contributed by atoms with Crippen LogP contribution in [0, 0.1) is 0 Å². The molecule has 0 spiro atoms. The molecule has 0 radical (unpaired) electrons. The molecule has 6 rings (SSSR count). The molecule has 1 aromatic heterocycles. The summed E-state index contributed by atoms with van der Waals surface area (Å²) < 4.78 is 2.28. The Morgan fingerprint density at radius 2 is 1.37 bits per heavy atom. The Bertz CT molecular complexity index is 1340. The molecule has 2 aliphatic heterocycles. The van der Waals surface area contributed by atoms with E-state index in [9.17, 15) is 0 Å². The average molecular weight is 504 g/mol. The number of likely N-dealkylation sites (tertiary alicyclic amines) is 1. The largest absolute Gasteiger partial charge is 0.362 e. The van der Waals surface area contributed by atoms with Gasteiger partial charge in [0.2, 0.25) is 0 Å². The topological polar surface area (TPSA) is 37.2 Å². The molecular weight excluding hydrogens is 466 g/mol. The molecule has 0 aliphatic carbocycles. The lowest BCUT2D eigenvalue weighted by Crippen LogP contribution is -2.36. The number of piperidine rings is 1. The standard InChI is InChI=1S/C33H37N5/c1-2-12-31-34-35-32-25-37(29-17-9-10-18-30(29)38(31)32)22-11-21-36-23-19-28(20-24-36)33(26-13-5-3-6-14-26)27-15-7-4-8-16-27/h3-10,13-18H,2,11-12,19-25H2,1H3. The molecule has 1 fully saturated rings. The third-order valence-corrected chi connectivity index (χ3v) is 7.91. The van der Waals surface area contributed by atoms with Crippen molar-refractivity contribution >= 4 is 11.3 Å². The second-order valence-electron chi connectivity index (χ2n) is 10.4. The zero-order chi connectivity index (χ0) is 25.7. The van der Waals surface area contributed by atoms with Gasteiger partial charge in [-0.15, -0.1) is 10.2 Å². The van der Waals surface area contributed by atoms with Crippen molar-refractivity contribution in [2.75, 3.05) is 31.1 Å². The predicted molar refractivity (Wildman–Crippen MR) is 156 cm³/mol. The van der Waals surface area contributed by atoms with Crippen LogP contribution in [0.25, 0.3) is 11.3 Å². The zero-order valence-electron chi connectivity index (χ0n) is 22.4. The number of hydrogen-bond donors (Lipinski definition) is 0. The highest BCUT2D eigenvalue weighted by Gasteiger charge is 2.26. The van der Waals surface area contributed by atoms with Crippen LogP contribution in [-0.4, -0.2) is 45.8 Å². The third kappa shape index (κ3) is 5.03. The van der Waals surface area contributed by atoms with E-state index in [1.165, 1.54) is 28.1 Å². The quantitative estimate of drug-likeness (QED) is 0.274. The van der Waals surface area contributed by atoms with Crippen LogP contribution < -0.4 is 4.90 Å². The van der Waals surface area contributed by atoms with E-state index >= 15 is 0 Å². The highest BCUT2D eigenvalue weighted by molar-refractivity contribution is 5.82. The van der Waals surface area contributed by atoms with Gasteiger partial charge in [-0.25, -0.2) is 0 Å². The monoisotopic (exact) mass is 503 g/mol. The summed E-state index contributed by atoms with van der Waals surface area (Å²) in [4.78, 5) is 5.14. The van der Waals surface area contributed by atoms with E-state index in [1.807, 2.05) is 0 Å². The van der Waals surface area contributed by atoms with E-state index in [0.717, 1.165) is 76.5 Å². The molecule has 5 heteroatoms. The Kier molecular flexibility index (Phi) is 7.36. The summed E-state index contributed by atoms with van der Waals surface area (Å²) in [5, 5.41) is 9.07. The normalized spacial score (nSPS) is 15.3. The fourth-order valence-electron chi connectivity index (χ4n) is 6.06. The Hall–Kier alpha value is -3.70. The summed E-state index contributed by atoms with van der Waals surface area (Å²) in [7, 11) is 0. The van der Waals surface area contributed by atoms with Crippen LogP contribution in [0.1, 0.15) is 55.4 Å². The lowest BCUT2D eigenvalue weighted by atomic mass is 9.88. The third-order valence-electron chi connectivity index (χ3n) is 7.91. The van der Waals surface area contributed by atoms with E-state index in [4.69, 9.17) is 0 Å². The molecule has 0 unspecified atom stereocenters. The molecule has 3 heterocycles. The highest BCUT2D eigenvalue weighted by atomic mass is 15.3. The number of anilines is 1. The van der Waals surface area contributed by atoms with Crippen molar-refractivity contribution < 1.29 is 0 Å². The van der Waals surface area contributed by atoms with Crippen LogP contribution in [0.5, 0.6) is 0 Å². The number of hydrogen-bond acceptors (Lipinski definition) is 4. The molecule has 194 valence electrons. The summed E-state index contributed by atoms with van der Waals surface area (Å²) >= 11 is 0. The first kappa shape index (κ1) is 24.6. The van der Waals surface area contributed by atoms with Gasteiger partial charge >= 0.3 is 0 Å². The molecule has 0 saturated carbocycles. The number of rotatable bonds is 8. The van der Waals surface area contributed by atoms with Crippen molar-refractivity contribution in [1.82, 2.24) is 19.7 Å². The van der Waals surface area contributed by atoms with Gasteiger partial charge in [0, 0.05) is 26.1 Å². The van der Waals surface area contributed by atoms with Gasteiger partial charge in [-0.05, 0) is 61.1 Å². The van der Waals surface area contributed by atoms with E-state index in [0.29, 0.717) is 0 Å². The zero-order valence-corrected chi connectivity index (χ0v) is 22.4. The number of aromatic nitrogens is 3. The van der Waals surface area contributed by atoms with Gasteiger partial charge < -0.3 is 9.80 Å². The van der Waals surface area contributed by atoms with Crippen molar-refractivity contribution in [2.45, 2.75) is 45.6 Å². The first-order valence-corrected chi connectivity index (χ1v) is 14.1. The molecule has 3 aromatic carbocycles. The summed E-state index contributed by atoms with van der Waals surface area (Å²) in [5.74, 6) is 2.14. The maximum absolute atomic E-state index is 4.55. The Labute approximate surface area is 226 Å². The summed E-state index contributed by atoms with van der Waals surface area (Å²) in [6, 6.07) is 30.6. The molecule has 1 saturated heterocycles. The number of aryl methyl sites for hydroxylation is 1. The first-order chi connectivity index (χ1) is 18.8. The Morgan fingerprint density at radius 1 is 0.737 bits per heavy atom. The lowest BCUT2D eigenvalue weighted by molar-refractivity contribution is 0.254. The van der Waals surface area contributed by atoms with E-state index < -0.39 is 0 Å². The minimum atomic E-state index is 0.831. The van der Waals surface area contributed by atoms with Crippen LogP contribution in [-0.2, 0) is 13.0 Å². The van der Waals surface area contributed by atoms with Gasteiger partial charge in [-0.2, -0.15) is 0 Å². The van der Waals surface area contributed by atoms with Crippen molar-refractivity contribution in [3.63, 3.8) is 0 Å². The SMILES string of the molecule is CCCc1nnc2n1-c1ccccc1N(CCCN1CCC(=C(c3ccccc3)c3ccccc3)CC1)C2. The minimum absolute atomic E-state index is 0.831. The number of nitrogens with zero attached hydrogens (tertiary/aromatic N) is 5. The van der Waals surface area contributed by atoms with Gasteiger partial charge in [0.05, 0.1) is 17.9 Å². The predicted octanol–water partition coefficient (Wildman–Crippen LogP) is 6.53. The lowest BCUT2D eigenvalue weighted by Gasteiger charge is -2.34. The second kappa shape index (κ2) is 11.4. The molecule has 0 amide bonds. The first-order valence-electron chi connectivity index (χ1n) is 14.1. The van der Waals surface area contributed by atoms with Crippen molar-refractivity contribution in [2.24, 2.45) is 0 Å². The molecular formula is C33H37N5. The molecule has 5 nitrogen and oxygen atoms in total. The molecule has 2 aliphatic rings. The van der Waals surface area contributed by atoms with Crippen molar-refractivity contribution in [3.05, 3.63) is 113 Å². The second-order valence-corrected chi connectivity index (χ2v) is 10.4. The average Bonchev–Trinajstić information content (AvgIpc) is 3.38. The molecule has 0 bridgehead atoms. The fourth-order valence-corrected chi connectivity index (χ4v) is 6.06. The van der Waals surface area contributed by atoms with Gasteiger partial charge in [-0.3, -0.25) is 4.57 Å². The Morgan fingerprint density at radius 3 is 2.03 bits per heavy atom. The van der Waals surface area contributed by atoms with Crippen LogP contribution in [0.15, 0.2) is 90.5 Å². The van der Waals surface area contributed by atoms with Gasteiger partial charge in [0.15, 0.2) is 5.82 Å². The van der Waals surface area contributed by atoms with Crippen LogP contribution >= 0.6 is 0 Å². The van der Waals surface area contributed by atoms with E-state index in [2.05, 4.69) is 116 Å². The van der Waals surface area contributed by atoms with Gasteiger partial charge in [0.1, 0.15) is 5.82 Å². The van der Waals surface area contributed by atoms with Crippen molar-refractivity contribution in [1.29, 1.82) is 0 Å². The van der Waals surface area contributed by atoms with E-state index in [1.54, 1.807) is 5.57 Å². The number of para-hydroxylation sites is 2. The molecule has 0 atom stereocenters. The summed E-state index contributed by atoms with van der Waals surface area (Å²) in [6.45, 7) is 7.45. The molecule has 4 aromatic rings. The van der Waals surface area contributed by atoms with Crippen LogP contribution in [0.2, 0.25) is 0 Å². The molecule has 38 heavy (non-hydrogen) atoms. The molecule has 0 N–H and O–H groups in total. The minimum Gasteiger partial charge on any atom is -0.362 e. The maximum atomic E-state index is 4.55. The fraction of sp³-hybridized carbons (Fsp3) is 0.333. The highest BCUT2D eigenvalue weighted by Crippen LogP contribution is 2.34. The van der Waals surface area contributed by atoms with Gasteiger partial charge in [0.25, 0.3) is 0 Å². The Balaban J connectivity index is 1.11. The van der Waals surface area contributed by atoms with Crippen LogP contribution in [0.3, 0.4) is 0 Å². The smallest absolute Gasteiger partial charge is 0.157 e. The van der Waals surface area contributed by atoms with Crippen molar-refractivity contribution in [3.8, 4) is 5.69 Å². The number of fused-ring (bicyclic) bond motifs is 3. The van der Waals surface area contributed by atoms with Crippen LogP contribution in [0.4, 0.5) is 5.69 Å². The summed E-state index contributed by atoms with van der Waals surface area (Å²) in [5.41, 5.74) is 8.22. The van der Waals surface area contributed by atoms with Gasteiger partial charge in [-0.1, -0.05) is 85.3 Å².